The van der Waals surface area contributed by atoms with E-state index in [2.05, 4.69) is 11.7 Å². The van der Waals surface area contributed by atoms with Crippen LogP contribution in [-0.4, -0.2) is 6.36 Å². The lowest BCUT2D eigenvalue weighted by molar-refractivity contribution is -0.274. The van der Waals surface area contributed by atoms with Crippen LogP contribution in [0.4, 0.5) is 22.0 Å². The third kappa shape index (κ3) is 7.02. The Hall–Kier alpha value is -3.09. The summed E-state index contributed by atoms with van der Waals surface area (Å²) in [6.07, 6.45) is 3.83. The van der Waals surface area contributed by atoms with Crippen LogP contribution in [0.3, 0.4) is 0 Å². The molecular weight excluding hydrogens is 487 g/mol. The largest absolute Gasteiger partial charge is 0.573 e. The number of rotatable bonds is 8. The van der Waals surface area contributed by atoms with Crippen molar-refractivity contribution in [2.75, 3.05) is 0 Å². The first kappa shape index (κ1) is 27.0. The SMILES string of the molecule is CCC1CCC(CCc2ccc(-c3cc(F)c(F)c(Oc4ccc(OC(F)(F)F)cc4)c3C)cc2)CC1. The van der Waals surface area contributed by atoms with Crippen LogP contribution in [0.1, 0.15) is 56.6 Å². The van der Waals surface area contributed by atoms with E-state index in [9.17, 15) is 22.0 Å². The van der Waals surface area contributed by atoms with Crippen LogP contribution in [0.2, 0.25) is 0 Å². The van der Waals surface area contributed by atoms with Gasteiger partial charge in [-0.1, -0.05) is 63.3 Å². The summed E-state index contributed by atoms with van der Waals surface area (Å²) in [4.78, 5) is 0. The van der Waals surface area contributed by atoms with Crippen molar-refractivity contribution < 1.29 is 31.4 Å². The molecule has 0 atom stereocenters. The zero-order valence-electron chi connectivity index (χ0n) is 21.0. The number of hydrogen-bond donors (Lipinski definition) is 0. The molecule has 7 heteroatoms. The molecule has 1 fully saturated rings. The molecule has 3 aromatic rings. The maximum absolute atomic E-state index is 14.7. The van der Waals surface area contributed by atoms with E-state index in [-0.39, 0.29) is 11.5 Å². The fourth-order valence-corrected chi connectivity index (χ4v) is 5.09. The van der Waals surface area contributed by atoms with Crippen molar-refractivity contribution >= 4 is 0 Å². The number of alkyl halides is 3. The molecule has 3 aromatic carbocycles. The summed E-state index contributed by atoms with van der Waals surface area (Å²) in [7, 11) is 0. The summed E-state index contributed by atoms with van der Waals surface area (Å²) in [5.41, 5.74) is 2.80. The van der Waals surface area contributed by atoms with E-state index in [0.717, 1.165) is 48.4 Å². The topological polar surface area (TPSA) is 18.5 Å². The predicted octanol–water partition coefficient (Wildman–Crippen LogP) is 9.78. The maximum atomic E-state index is 14.7. The van der Waals surface area contributed by atoms with E-state index in [0.29, 0.717) is 11.1 Å². The summed E-state index contributed by atoms with van der Waals surface area (Å²) in [5, 5.41) is 0. The van der Waals surface area contributed by atoms with Gasteiger partial charge in [0.15, 0.2) is 11.6 Å². The first-order valence-electron chi connectivity index (χ1n) is 12.7. The van der Waals surface area contributed by atoms with E-state index in [1.807, 2.05) is 24.3 Å². The fraction of sp³-hybridized carbons (Fsp3) is 0.400. The number of halogens is 5. The maximum Gasteiger partial charge on any atom is 0.573 e. The van der Waals surface area contributed by atoms with Crippen molar-refractivity contribution in [1.29, 1.82) is 0 Å². The first-order chi connectivity index (χ1) is 17.6. The second-order valence-corrected chi connectivity index (χ2v) is 9.83. The summed E-state index contributed by atoms with van der Waals surface area (Å²) in [6.45, 7) is 3.89. The molecule has 0 amide bonds. The van der Waals surface area contributed by atoms with Crippen molar-refractivity contribution in [3.05, 3.63) is 77.4 Å². The molecular formula is C30H31F5O2. The molecule has 0 N–H and O–H groups in total. The Morgan fingerprint density at radius 2 is 1.43 bits per heavy atom. The monoisotopic (exact) mass is 518 g/mol. The molecule has 0 bridgehead atoms. The lowest BCUT2D eigenvalue weighted by Crippen LogP contribution is -2.16. The van der Waals surface area contributed by atoms with Crippen LogP contribution in [0.5, 0.6) is 17.2 Å². The summed E-state index contributed by atoms with van der Waals surface area (Å²) >= 11 is 0. The molecule has 0 spiro atoms. The molecule has 0 radical (unpaired) electrons. The standard InChI is InChI=1S/C30H31F5O2/c1-3-20-4-6-21(7-5-20)8-9-22-10-12-23(13-11-22)26-18-27(31)28(32)29(19(26)2)36-24-14-16-25(17-15-24)37-30(33,34)35/h10-18,20-21H,3-9H2,1-2H3. The molecule has 0 aliphatic heterocycles. The summed E-state index contributed by atoms with van der Waals surface area (Å²) in [6, 6.07) is 13.5. The number of hydrogen-bond acceptors (Lipinski definition) is 2. The number of aryl methyl sites for hydroxylation is 1. The van der Waals surface area contributed by atoms with Gasteiger partial charge < -0.3 is 9.47 Å². The highest BCUT2D eigenvalue weighted by molar-refractivity contribution is 5.70. The molecule has 1 aliphatic carbocycles. The average molecular weight is 519 g/mol. The number of ether oxygens (including phenoxy) is 2. The van der Waals surface area contributed by atoms with E-state index < -0.39 is 23.7 Å². The van der Waals surface area contributed by atoms with Crippen LogP contribution >= 0.6 is 0 Å². The first-order valence-corrected chi connectivity index (χ1v) is 12.7. The molecule has 1 aliphatic rings. The Morgan fingerprint density at radius 1 is 0.838 bits per heavy atom. The Morgan fingerprint density at radius 3 is 2.03 bits per heavy atom. The second-order valence-electron chi connectivity index (χ2n) is 9.83. The zero-order chi connectivity index (χ0) is 26.6. The smallest absolute Gasteiger partial charge is 0.454 e. The third-order valence-electron chi connectivity index (χ3n) is 7.35. The normalized spacial score (nSPS) is 18.0. The zero-order valence-corrected chi connectivity index (χ0v) is 21.0. The Bertz CT molecular complexity index is 1180. The highest BCUT2D eigenvalue weighted by Gasteiger charge is 2.31. The van der Waals surface area contributed by atoms with Gasteiger partial charge in [0.1, 0.15) is 11.5 Å². The molecule has 0 aromatic heterocycles. The molecule has 0 unspecified atom stereocenters. The van der Waals surface area contributed by atoms with Crippen LogP contribution in [0.25, 0.3) is 11.1 Å². The van der Waals surface area contributed by atoms with Gasteiger partial charge in [0.25, 0.3) is 0 Å². The summed E-state index contributed by atoms with van der Waals surface area (Å²) in [5.74, 6) is -1.28. The summed E-state index contributed by atoms with van der Waals surface area (Å²) < 4.78 is 75.7. The fourth-order valence-electron chi connectivity index (χ4n) is 5.09. The van der Waals surface area contributed by atoms with Gasteiger partial charge in [-0.25, -0.2) is 4.39 Å². The van der Waals surface area contributed by atoms with Crippen LogP contribution in [0, 0.1) is 30.4 Å². The molecule has 37 heavy (non-hydrogen) atoms. The van der Waals surface area contributed by atoms with Crippen molar-refractivity contribution in [2.45, 2.75) is 65.2 Å². The van der Waals surface area contributed by atoms with Crippen molar-refractivity contribution in [3.63, 3.8) is 0 Å². The Balaban J connectivity index is 1.46. The predicted molar refractivity (Wildman–Crippen MR) is 134 cm³/mol. The molecule has 0 saturated heterocycles. The van der Waals surface area contributed by atoms with E-state index >= 15 is 0 Å². The molecule has 0 heterocycles. The lowest BCUT2D eigenvalue weighted by Gasteiger charge is -2.27. The quantitative estimate of drug-likeness (QED) is 0.276. The van der Waals surface area contributed by atoms with Crippen molar-refractivity contribution in [3.8, 4) is 28.4 Å². The second kappa shape index (κ2) is 11.5. The van der Waals surface area contributed by atoms with E-state index in [1.165, 1.54) is 49.8 Å². The molecule has 4 rings (SSSR count). The number of benzene rings is 3. The van der Waals surface area contributed by atoms with E-state index in [4.69, 9.17) is 4.74 Å². The van der Waals surface area contributed by atoms with Crippen LogP contribution < -0.4 is 9.47 Å². The van der Waals surface area contributed by atoms with Gasteiger partial charge in [0.05, 0.1) is 0 Å². The lowest BCUT2D eigenvalue weighted by atomic mass is 9.78. The average Bonchev–Trinajstić information content (AvgIpc) is 2.88. The van der Waals surface area contributed by atoms with Crippen LogP contribution in [-0.2, 0) is 6.42 Å². The minimum absolute atomic E-state index is 0.0522. The molecule has 2 nitrogen and oxygen atoms in total. The molecule has 198 valence electrons. The highest BCUT2D eigenvalue weighted by Crippen LogP contribution is 2.38. The van der Waals surface area contributed by atoms with Crippen molar-refractivity contribution in [1.82, 2.24) is 0 Å². The Kier molecular flexibility index (Phi) is 8.40. The minimum Gasteiger partial charge on any atom is -0.454 e. The van der Waals surface area contributed by atoms with Gasteiger partial charge in [-0.3, -0.25) is 0 Å². The minimum atomic E-state index is -4.83. The van der Waals surface area contributed by atoms with E-state index in [1.54, 1.807) is 6.92 Å². The van der Waals surface area contributed by atoms with Gasteiger partial charge in [0.2, 0.25) is 5.82 Å². The third-order valence-corrected chi connectivity index (χ3v) is 7.35. The van der Waals surface area contributed by atoms with Gasteiger partial charge in [-0.05, 0) is 78.6 Å². The highest BCUT2D eigenvalue weighted by atomic mass is 19.4. The Labute approximate surface area is 214 Å². The van der Waals surface area contributed by atoms with Crippen molar-refractivity contribution in [2.24, 2.45) is 11.8 Å². The van der Waals surface area contributed by atoms with Gasteiger partial charge in [-0.2, -0.15) is 4.39 Å². The van der Waals surface area contributed by atoms with Gasteiger partial charge in [-0.15, -0.1) is 13.2 Å². The molecule has 1 saturated carbocycles. The van der Waals surface area contributed by atoms with Crippen LogP contribution in [0.15, 0.2) is 54.6 Å². The van der Waals surface area contributed by atoms with Gasteiger partial charge in [0, 0.05) is 5.56 Å². The van der Waals surface area contributed by atoms with Gasteiger partial charge >= 0.3 is 6.36 Å².